The predicted octanol–water partition coefficient (Wildman–Crippen LogP) is 1.80. The van der Waals surface area contributed by atoms with Crippen LogP contribution in [0.5, 0.6) is 0 Å². The van der Waals surface area contributed by atoms with Crippen molar-refractivity contribution >= 4 is 11.9 Å². The molecule has 0 amide bonds. The van der Waals surface area contributed by atoms with Crippen molar-refractivity contribution in [3.63, 3.8) is 0 Å². The maximum Gasteiger partial charge on any atom is 0.338 e. The number of ether oxygens (including phenoxy) is 1. The van der Waals surface area contributed by atoms with Crippen LogP contribution in [0.2, 0.25) is 0 Å². The monoisotopic (exact) mass is 222 g/mol. The van der Waals surface area contributed by atoms with Crippen LogP contribution in [-0.2, 0) is 16.0 Å². The second-order valence-electron chi connectivity index (χ2n) is 3.55. The summed E-state index contributed by atoms with van der Waals surface area (Å²) in [6.45, 7) is 1.89. The summed E-state index contributed by atoms with van der Waals surface area (Å²) in [6, 6.07) is 5.28. The van der Waals surface area contributed by atoms with Gasteiger partial charge in [-0.05, 0) is 25.0 Å². The van der Waals surface area contributed by atoms with Crippen molar-refractivity contribution in [3.8, 4) is 0 Å². The molecular weight excluding hydrogens is 208 g/mol. The lowest BCUT2D eigenvalue weighted by Gasteiger charge is -2.07. The number of carboxylic acid groups (broad SMARTS) is 1. The summed E-state index contributed by atoms with van der Waals surface area (Å²) in [7, 11) is 1.31. The summed E-state index contributed by atoms with van der Waals surface area (Å²) in [5.74, 6) is -1.31. The highest BCUT2D eigenvalue weighted by molar-refractivity contribution is 5.91. The van der Waals surface area contributed by atoms with Gasteiger partial charge in [-0.15, -0.1) is 0 Å². The van der Waals surface area contributed by atoms with Crippen LogP contribution in [0.1, 0.15) is 27.9 Å². The third-order valence-electron chi connectivity index (χ3n) is 2.27. The van der Waals surface area contributed by atoms with Gasteiger partial charge in [0.15, 0.2) is 0 Å². The average molecular weight is 222 g/mol. The van der Waals surface area contributed by atoms with Gasteiger partial charge in [0.05, 0.1) is 12.7 Å². The zero-order chi connectivity index (χ0) is 12.1. The molecule has 0 aliphatic heterocycles. The molecule has 1 aromatic rings. The third-order valence-corrected chi connectivity index (χ3v) is 2.27. The second-order valence-corrected chi connectivity index (χ2v) is 3.55. The van der Waals surface area contributed by atoms with Gasteiger partial charge >= 0.3 is 11.9 Å². The number of carbonyl (C=O) groups excluding carboxylic acids is 1. The molecule has 0 radical (unpaired) electrons. The van der Waals surface area contributed by atoms with Gasteiger partial charge in [0, 0.05) is 6.42 Å². The highest BCUT2D eigenvalue weighted by Crippen LogP contribution is 2.15. The Labute approximate surface area is 93.9 Å². The number of hydrogen-bond acceptors (Lipinski definition) is 3. The van der Waals surface area contributed by atoms with Gasteiger partial charge in [-0.3, -0.25) is 4.79 Å². The average Bonchev–Trinajstić information content (AvgIpc) is 2.25. The topological polar surface area (TPSA) is 63.6 Å². The highest BCUT2D eigenvalue weighted by Gasteiger charge is 2.12. The van der Waals surface area contributed by atoms with E-state index in [1.807, 2.05) is 13.0 Å². The molecule has 0 atom stereocenters. The van der Waals surface area contributed by atoms with Crippen molar-refractivity contribution in [3.05, 3.63) is 34.9 Å². The molecule has 0 saturated heterocycles. The number of benzene rings is 1. The van der Waals surface area contributed by atoms with Crippen LogP contribution in [0.25, 0.3) is 0 Å². The molecule has 1 N–H and O–H groups in total. The first-order valence-electron chi connectivity index (χ1n) is 4.94. The van der Waals surface area contributed by atoms with Crippen LogP contribution in [0.3, 0.4) is 0 Å². The normalized spacial score (nSPS) is 9.88. The van der Waals surface area contributed by atoms with Crippen LogP contribution in [0.15, 0.2) is 18.2 Å². The van der Waals surface area contributed by atoms with E-state index in [4.69, 9.17) is 5.11 Å². The van der Waals surface area contributed by atoms with E-state index in [1.54, 1.807) is 12.1 Å². The van der Waals surface area contributed by atoms with Crippen molar-refractivity contribution in [1.82, 2.24) is 0 Å². The van der Waals surface area contributed by atoms with E-state index in [2.05, 4.69) is 4.74 Å². The van der Waals surface area contributed by atoms with Gasteiger partial charge < -0.3 is 9.84 Å². The van der Waals surface area contributed by atoms with Gasteiger partial charge in [-0.1, -0.05) is 17.7 Å². The van der Waals surface area contributed by atoms with E-state index >= 15 is 0 Å². The fourth-order valence-corrected chi connectivity index (χ4v) is 1.48. The van der Waals surface area contributed by atoms with Crippen molar-refractivity contribution in [2.45, 2.75) is 19.8 Å². The smallest absolute Gasteiger partial charge is 0.338 e. The Kier molecular flexibility index (Phi) is 4.05. The van der Waals surface area contributed by atoms with Gasteiger partial charge in [0.25, 0.3) is 0 Å². The molecule has 4 nitrogen and oxygen atoms in total. The van der Waals surface area contributed by atoms with Crippen molar-refractivity contribution < 1.29 is 19.4 Å². The van der Waals surface area contributed by atoms with Crippen molar-refractivity contribution in [2.24, 2.45) is 0 Å². The van der Waals surface area contributed by atoms with Crippen molar-refractivity contribution in [1.29, 1.82) is 0 Å². The molecule has 0 spiro atoms. The quantitative estimate of drug-likeness (QED) is 0.789. The Hall–Kier alpha value is -1.84. The minimum absolute atomic E-state index is 0.00739. The van der Waals surface area contributed by atoms with E-state index in [0.717, 1.165) is 5.56 Å². The minimum Gasteiger partial charge on any atom is -0.481 e. The number of aryl methyl sites for hydroxylation is 2. The largest absolute Gasteiger partial charge is 0.481 e. The predicted molar refractivity (Wildman–Crippen MR) is 58.5 cm³/mol. The van der Waals surface area contributed by atoms with Crippen molar-refractivity contribution in [2.75, 3.05) is 7.11 Å². The first-order valence-corrected chi connectivity index (χ1v) is 4.94. The van der Waals surface area contributed by atoms with Crippen LogP contribution in [0.4, 0.5) is 0 Å². The fourth-order valence-electron chi connectivity index (χ4n) is 1.48. The number of esters is 1. The molecule has 16 heavy (non-hydrogen) atoms. The number of rotatable bonds is 4. The molecule has 0 aromatic heterocycles. The van der Waals surface area contributed by atoms with Crippen LogP contribution in [-0.4, -0.2) is 24.2 Å². The lowest BCUT2D eigenvalue weighted by Crippen LogP contribution is -2.07. The number of carboxylic acids is 1. The Bertz CT molecular complexity index is 409. The molecule has 0 aliphatic rings. The van der Waals surface area contributed by atoms with Crippen LogP contribution < -0.4 is 0 Å². The number of carbonyl (C=O) groups is 2. The summed E-state index contributed by atoms with van der Waals surface area (Å²) in [5, 5.41) is 8.61. The minimum atomic E-state index is -0.877. The lowest BCUT2D eigenvalue weighted by atomic mass is 10.0. The third kappa shape index (κ3) is 3.08. The molecular formula is C12H14O4. The van der Waals surface area contributed by atoms with Gasteiger partial charge in [0.1, 0.15) is 0 Å². The Morgan fingerprint density at radius 1 is 1.38 bits per heavy atom. The Morgan fingerprint density at radius 2 is 2.06 bits per heavy atom. The zero-order valence-electron chi connectivity index (χ0n) is 9.32. The van der Waals surface area contributed by atoms with Crippen LogP contribution >= 0.6 is 0 Å². The summed E-state index contributed by atoms with van der Waals surface area (Å²) < 4.78 is 4.64. The molecule has 4 heteroatoms. The first kappa shape index (κ1) is 12.2. The number of hydrogen-bond donors (Lipinski definition) is 1. The summed E-state index contributed by atoms with van der Waals surface area (Å²) in [4.78, 5) is 21.9. The van der Waals surface area contributed by atoms with Crippen LogP contribution in [0, 0.1) is 6.92 Å². The van der Waals surface area contributed by atoms with E-state index < -0.39 is 11.9 Å². The molecule has 1 rings (SSSR count). The van der Waals surface area contributed by atoms with Gasteiger partial charge in [-0.2, -0.15) is 0 Å². The number of aliphatic carboxylic acids is 1. The Morgan fingerprint density at radius 3 is 2.62 bits per heavy atom. The van der Waals surface area contributed by atoms with E-state index in [9.17, 15) is 9.59 Å². The Balaban J connectivity index is 2.98. The molecule has 0 saturated carbocycles. The first-order chi connectivity index (χ1) is 7.54. The molecule has 0 fully saturated rings. The van der Waals surface area contributed by atoms with E-state index in [1.165, 1.54) is 7.11 Å². The van der Waals surface area contributed by atoms with E-state index in [0.29, 0.717) is 17.5 Å². The number of methoxy groups -OCH3 is 1. The lowest BCUT2D eigenvalue weighted by molar-refractivity contribution is -0.136. The highest BCUT2D eigenvalue weighted by atomic mass is 16.5. The summed E-state index contributed by atoms with van der Waals surface area (Å²) in [5.41, 5.74) is 2.15. The second kappa shape index (κ2) is 5.30. The maximum absolute atomic E-state index is 11.4. The SMILES string of the molecule is COC(=O)c1ccc(C)cc1CCC(=O)O. The standard InChI is InChI=1S/C12H14O4/c1-8-3-5-10(12(15)16-2)9(7-8)4-6-11(13)14/h3,5,7H,4,6H2,1-2H3,(H,13,14). The molecule has 0 heterocycles. The summed E-state index contributed by atoms with van der Waals surface area (Å²) >= 11 is 0. The molecule has 86 valence electrons. The zero-order valence-corrected chi connectivity index (χ0v) is 9.32. The van der Waals surface area contributed by atoms with Gasteiger partial charge in [-0.25, -0.2) is 4.79 Å². The molecule has 1 aromatic carbocycles. The molecule has 0 aliphatic carbocycles. The fraction of sp³-hybridized carbons (Fsp3) is 0.333. The maximum atomic E-state index is 11.4. The molecule has 0 unspecified atom stereocenters. The van der Waals surface area contributed by atoms with Gasteiger partial charge in [0.2, 0.25) is 0 Å². The molecule has 0 bridgehead atoms. The van der Waals surface area contributed by atoms with E-state index in [-0.39, 0.29) is 6.42 Å². The summed E-state index contributed by atoms with van der Waals surface area (Å²) in [6.07, 6.45) is 0.342.